The lowest BCUT2D eigenvalue weighted by molar-refractivity contribution is -0.137. The number of rotatable bonds is 4. The molecule has 1 atom stereocenters. The van der Waals surface area contributed by atoms with Gasteiger partial charge in [-0.05, 0) is 30.5 Å². The Morgan fingerprint density at radius 1 is 1.40 bits per heavy atom. The van der Waals surface area contributed by atoms with E-state index in [2.05, 4.69) is 10.6 Å². The second kappa shape index (κ2) is 6.18. The van der Waals surface area contributed by atoms with Crippen LogP contribution in [0.1, 0.15) is 24.8 Å². The topological polar surface area (TPSA) is 101 Å². The van der Waals surface area contributed by atoms with Crippen molar-refractivity contribution in [1.82, 2.24) is 10.6 Å². The quantitative estimate of drug-likeness (QED) is 0.536. The molecule has 1 aromatic rings. The number of anilines is 1. The van der Waals surface area contributed by atoms with Gasteiger partial charge in [-0.15, -0.1) is 0 Å². The first-order chi connectivity index (χ1) is 9.54. The number of benzene rings is 1. The van der Waals surface area contributed by atoms with Crippen molar-refractivity contribution in [2.45, 2.75) is 31.7 Å². The van der Waals surface area contributed by atoms with E-state index in [4.69, 9.17) is 5.73 Å². The van der Waals surface area contributed by atoms with Gasteiger partial charge in [0.15, 0.2) is 0 Å². The molecule has 4 N–H and O–H groups in total. The number of nitrogen functional groups attached to an aromatic ring is 1. The third-order valence-corrected chi connectivity index (χ3v) is 3.17. The zero-order chi connectivity index (χ0) is 14.5. The molecule has 0 aliphatic carbocycles. The highest BCUT2D eigenvalue weighted by molar-refractivity contribution is 6.01. The number of carbonyl (C=O) groups excluding carboxylic acids is 3. The van der Waals surface area contributed by atoms with Crippen LogP contribution in [0.3, 0.4) is 0 Å². The zero-order valence-electron chi connectivity index (χ0n) is 11.0. The second-order valence-corrected chi connectivity index (χ2v) is 4.82. The first-order valence-corrected chi connectivity index (χ1v) is 6.52. The highest BCUT2D eigenvalue weighted by atomic mass is 16.2. The van der Waals surface area contributed by atoms with Crippen molar-refractivity contribution in [3.63, 3.8) is 0 Å². The van der Waals surface area contributed by atoms with Gasteiger partial charge in [-0.1, -0.05) is 12.1 Å². The van der Waals surface area contributed by atoms with Crippen molar-refractivity contribution in [3.05, 3.63) is 29.8 Å². The molecule has 0 saturated carbocycles. The van der Waals surface area contributed by atoms with Crippen molar-refractivity contribution < 1.29 is 14.4 Å². The van der Waals surface area contributed by atoms with E-state index in [0.29, 0.717) is 18.5 Å². The van der Waals surface area contributed by atoms with E-state index in [1.807, 2.05) is 18.2 Å². The van der Waals surface area contributed by atoms with E-state index in [1.165, 1.54) is 0 Å². The number of carbonyl (C=O) groups is 3. The molecule has 6 heteroatoms. The van der Waals surface area contributed by atoms with Gasteiger partial charge in [-0.25, -0.2) is 0 Å². The number of amides is 3. The lowest BCUT2D eigenvalue weighted by atomic mass is 10.1. The average Bonchev–Trinajstić information content (AvgIpc) is 2.40. The highest BCUT2D eigenvalue weighted by Crippen LogP contribution is 2.09. The first-order valence-electron chi connectivity index (χ1n) is 6.52. The fourth-order valence-corrected chi connectivity index (χ4v) is 2.10. The van der Waals surface area contributed by atoms with Crippen molar-refractivity contribution in [3.8, 4) is 0 Å². The zero-order valence-corrected chi connectivity index (χ0v) is 11.0. The summed E-state index contributed by atoms with van der Waals surface area (Å²) < 4.78 is 0. The summed E-state index contributed by atoms with van der Waals surface area (Å²) in [5.41, 5.74) is 7.30. The normalized spacial score (nSPS) is 18.5. The van der Waals surface area contributed by atoms with Crippen LogP contribution in [0.2, 0.25) is 0 Å². The third kappa shape index (κ3) is 3.81. The van der Waals surface area contributed by atoms with Gasteiger partial charge in [0, 0.05) is 18.5 Å². The molecular weight excluding hydrogens is 258 g/mol. The fraction of sp³-hybridized carbons (Fsp3) is 0.357. The van der Waals surface area contributed by atoms with Crippen LogP contribution < -0.4 is 16.4 Å². The molecule has 1 fully saturated rings. The lowest BCUT2D eigenvalue weighted by Crippen LogP contribution is -2.52. The van der Waals surface area contributed by atoms with Gasteiger partial charge in [0.25, 0.3) is 0 Å². The Kier molecular flexibility index (Phi) is 4.34. The molecule has 106 valence electrons. The summed E-state index contributed by atoms with van der Waals surface area (Å²) in [5, 5.41) is 4.85. The number of nitrogens with one attached hydrogen (secondary N) is 2. The fourth-order valence-electron chi connectivity index (χ4n) is 2.10. The van der Waals surface area contributed by atoms with Crippen molar-refractivity contribution in [1.29, 1.82) is 0 Å². The molecule has 0 spiro atoms. The number of piperidine rings is 1. The van der Waals surface area contributed by atoms with Crippen LogP contribution in [0.15, 0.2) is 24.3 Å². The molecular formula is C14H17N3O3. The molecule has 3 amide bonds. The summed E-state index contributed by atoms with van der Waals surface area (Å²) in [4.78, 5) is 34.3. The van der Waals surface area contributed by atoms with Gasteiger partial charge < -0.3 is 11.1 Å². The van der Waals surface area contributed by atoms with Crippen LogP contribution in [-0.2, 0) is 20.8 Å². The van der Waals surface area contributed by atoms with E-state index >= 15 is 0 Å². The number of hydrogen-bond donors (Lipinski definition) is 3. The van der Waals surface area contributed by atoms with E-state index in [-0.39, 0.29) is 24.7 Å². The Labute approximate surface area is 116 Å². The minimum Gasteiger partial charge on any atom is -0.399 e. The summed E-state index contributed by atoms with van der Waals surface area (Å²) in [6.45, 7) is 0. The number of aryl methyl sites for hydroxylation is 1. The predicted octanol–water partition coefficient (Wildman–Crippen LogP) is 0.123. The van der Waals surface area contributed by atoms with Crippen molar-refractivity contribution in [2.24, 2.45) is 0 Å². The van der Waals surface area contributed by atoms with Gasteiger partial charge >= 0.3 is 0 Å². The van der Waals surface area contributed by atoms with Crippen LogP contribution >= 0.6 is 0 Å². The van der Waals surface area contributed by atoms with Gasteiger partial charge in [0.05, 0.1) is 0 Å². The molecule has 0 bridgehead atoms. The summed E-state index contributed by atoms with van der Waals surface area (Å²) in [7, 11) is 0. The molecule has 2 rings (SSSR count). The van der Waals surface area contributed by atoms with E-state index in [0.717, 1.165) is 5.56 Å². The van der Waals surface area contributed by atoms with Crippen LogP contribution in [0, 0.1) is 0 Å². The number of imide groups is 1. The molecule has 1 aromatic carbocycles. The van der Waals surface area contributed by atoms with Gasteiger partial charge in [0.2, 0.25) is 17.7 Å². The van der Waals surface area contributed by atoms with Crippen molar-refractivity contribution >= 4 is 23.4 Å². The lowest BCUT2D eigenvalue weighted by Gasteiger charge is -2.21. The van der Waals surface area contributed by atoms with Gasteiger partial charge in [-0.2, -0.15) is 0 Å². The molecule has 0 aromatic heterocycles. The summed E-state index contributed by atoms with van der Waals surface area (Å²) in [6, 6.07) is 6.73. The molecule has 1 heterocycles. The highest BCUT2D eigenvalue weighted by Gasteiger charge is 2.27. The monoisotopic (exact) mass is 275 g/mol. The Bertz CT molecular complexity index is 542. The largest absolute Gasteiger partial charge is 0.399 e. The average molecular weight is 275 g/mol. The number of nitrogens with two attached hydrogens (primary N) is 1. The maximum absolute atomic E-state index is 11.8. The summed E-state index contributed by atoms with van der Waals surface area (Å²) in [5.74, 6) is -0.930. The molecule has 1 aliphatic rings. The van der Waals surface area contributed by atoms with E-state index < -0.39 is 11.9 Å². The molecule has 6 nitrogen and oxygen atoms in total. The Morgan fingerprint density at radius 2 is 2.20 bits per heavy atom. The summed E-state index contributed by atoms with van der Waals surface area (Å²) in [6.07, 6.45) is 1.45. The Balaban J connectivity index is 1.81. The van der Waals surface area contributed by atoms with Gasteiger partial charge in [0.1, 0.15) is 6.04 Å². The molecule has 0 radical (unpaired) electrons. The van der Waals surface area contributed by atoms with E-state index in [1.54, 1.807) is 6.07 Å². The third-order valence-electron chi connectivity index (χ3n) is 3.17. The molecule has 1 saturated heterocycles. The SMILES string of the molecule is Nc1cccc(CCC(=O)NC2CCC(=O)NC2=O)c1. The minimum absolute atomic E-state index is 0.207. The van der Waals surface area contributed by atoms with Crippen LogP contribution in [-0.4, -0.2) is 23.8 Å². The Morgan fingerprint density at radius 3 is 2.90 bits per heavy atom. The van der Waals surface area contributed by atoms with E-state index in [9.17, 15) is 14.4 Å². The molecule has 20 heavy (non-hydrogen) atoms. The Hall–Kier alpha value is -2.37. The maximum atomic E-state index is 11.8. The van der Waals surface area contributed by atoms with Crippen LogP contribution in [0.4, 0.5) is 5.69 Å². The van der Waals surface area contributed by atoms with Gasteiger partial charge in [-0.3, -0.25) is 19.7 Å². The van der Waals surface area contributed by atoms with Crippen LogP contribution in [0.25, 0.3) is 0 Å². The summed E-state index contributed by atoms with van der Waals surface area (Å²) >= 11 is 0. The van der Waals surface area contributed by atoms with Crippen molar-refractivity contribution in [2.75, 3.05) is 5.73 Å². The molecule has 1 aliphatic heterocycles. The first kappa shape index (κ1) is 14.0. The minimum atomic E-state index is -0.610. The second-order valence-electron chi connectivity index (χ2n) is 4.82. The number of hydrogen-bond acceptors (Lipinski definition) is 4. The molecule has 1 unspecified atom stereocenters. The predicted molar refractivity (Wildman–Crippen MR) is 73.5 cm³/mol. The maximum Gasteiger partial charge on any atom is 0.249 e. The standard InChI is InChI=1S/C14H17N3O3/c15-10-3-1-2-9(8-10)4-6-12(18)16-11-5-7-13(19)17-14(11)20/h1-3,8,11H,4-7,15H2,(H,16,18)(H,17,19,20). The smallest absolute Gasteiger partial charge is 0.249 e. The van der Waals surface area contributed by atoms with Crippen LogP contribution in [0.5, 0.6) is 0 Å².